The van der Waals surface area contributed by atoms with Crippen molar-refractivity contribution in [2.24, 2.45) is 0 Å². The second-order valence-electron chi connectivity index (χ2n) is 2.93. The average molecular weight is 185 g/mol. The summed E-state index contributed by atoms with van der Waals surface area (Å²) in [5.74, 6) is -0.535. The molecule has 13 heavy (non-hydrogen) atoms. The Morgan fingerprint density at radius 2 is 2.23 bits per heavy atom. The number of nitrogens with zero attached hydrogens (tertiary/aromatic N) is 1. The van der Waals surface area contributed by atoms with E-state index in [4.69, 9.17) is 19.0 Å². The highest BCUT2D eigenvalue weighted by atomic mass is 16.7. The molecule has 0 unspecified atom stereocenters. The molecule has 1 aromatic heterocycles. The highest BCUT2D eigenvalue weighted by Crippen LogP contribution is 2.29. The standard InChI is InChI=1S/C8H11NO4/c1-8(12-2-3-13-8)6-5-11-7(4-10)9-6/h5,10H,2-4H2,1H3. The summed E-state index contributed by atoms with van der Waals surface area (Å²) in [6, 6.07) is 0. The largest absolute Gasteiger partial charge is 0.446 e. The van der Waals surface area contributed by atoms with E-state index in [1.54, 1.807) is 6.92 Å². The number of oxazole rings is 1. The fourth-order valence-electron chi connectivity index (χ4n) is 1.25. The lowest BCUT2D eigenvalue weighted by Gasteiger charge is -2.18. The molecule has 2 rings (SSSR count). The summed E-state index contributed by atoms with van der Waals surface area (Å²) in [6.07, 6.45) is 1.44. The van der Waals surface area contributed by atoms with Gasteiger partial charge in [0.25, 0.3) is 0 Å². The first-order valence-corrected chi connectivity index (χ1v) is 4.08. The molecular formula is C8H11NO4. The fourth-order valence-corrected chi connectivity index (χ4v) is 1.25. The smallest absolute Gasteiger partial charge is 0.220 e. The van der Waals surface area contributed by atoms with E-state index < -0.39 is 5.79 Å². The zero-order chi connectivity index (χ0) is 9.31. The molecule has 1 aliphatic rings. The van der Waals surface area contributed by atoms with Crippen LogP contribution in [0.4, 0.5) is 0 Å². The van der Waals surface area contributed by atoms with E-state index >= 15 is 0 Å². The van der Waals surface area contributed by atoms with Gasteiger partial charge in [0.05, 0.1) is 13.2 Å². The van der Waals surface area contributed by atoms with E-state index in [-0.39, 0.29) is 12.5 Å². The summed E-state index contributed by atoms with van der Waals surface area (Å²) in [5.41, 5.74) is 0.564. The fraction of sp³-hybridized carbons (Fsp3) is 0.625. The predicted octanol–water partition coefficient (Wildman–Crippen LogP) is 0.386. The third-order valence-electron chi connectivity index (χ3n) is 1.99. The molecule has 1 aliphatic heterocycles. The van der Waals surface area contributed by atoms with E-state index in [9.17, 15) is 0 Å². The Hall–Kier alpha value is -0.910. The van der Waals surface area contributed by atoms with Gasteiger partial charge in [0.15, 0.2) is 0 Å². The second kappa shape index (κ2) is 3.10. The maximum Gasteiger partial charge on any atom is 0.220 e. The van der Waals surface area contributed by atoms with Gasteiger partial charge in [-0.2, -0.15) is 0 Å². The van der Waals surface area contributed by atoms with E-state index in [1.165, 1.54) is 6.26 Å². The van der Waals surface area contributed by atoms with Crippen LogP contribution in [-0.2, 0) is 21.9 Å². The Kier molecular flexibility index (Phi) is 2.07. The number of aliphatic hydroxyl groups is 1. The van der Waals surface area contributed by atoms with Gasteiger partial charge in [-0.05, 0) is 6.92 Å². The van der Waals surface area contributed by atoms with Crippen LogP contribution < -0.4 is 0 Å². The SMILES string of the molecule is CC1(c2coc(CO)n2)OCCO1. The van der Waals surface area contributed by atoms with Crippen LogP contribution in [0.3, 0.4) is 0 Å². The van der Waals surface area contributed by atoms with Crippen LogP contribution in [0, 0.1) is 0 Å². The Morgan fingerprint density at radius 3 is 2.77 bits per heavy atom. The summed E-state index contributed by atoms with van der Waals surface area (Å²) in [7, 11) is 0. The highest BCUT2D eigenvalue weighted by molar-refractivity contribution is 5.04. The lowest BCUT2D eigenvalue weighted by atomic mass is 10.2. The van der Waals surface area contributed by atoms with Gasteiger partial charge in [0, 0.05) is 0 Å². The normalized spacial score (nSPS) is 20.8. The van der Waals surface area contributed by atoms with Crippen molar-refractivity contribution >= 4 is 0 Å². The maximum atomic E-state index is 8.74. The van der Waals surface area contributed by atoms with Crippen molar-refractivity contribution in [3.05, 3.63) is 17.8 Å². The first-order chi connectivity index (χ1) is 6.24. The first kappa shape index (κ1) is 8.68. The number of ether oxygens (including phenoxy) is 2. The Bertz CT molecular complexity index is 290. The molecule has 0 amide bonds. The molecule has 5 nitrogen and oxygen atoms in total. The van der Waals surface area contributed by atoms with Crippen molar-refractivity contribution < 1.29 is 19.0 Å². The van der Waals surface area contributed by atoms with Crippen LogP contribution in [0.2, 0.25) is 0 Å². The number of hydrogen-bond acceptors (Lipinski definition) is 5. The Morgan fingerprint density at radius 1 is 1.54 bits per heavy atom. The van der Waals surface area contributed by atoms with Crippen molar-refractivity contribution in [3.63, 3.8) is 0 Å². The number of aromatic nitrogens is 1. The van der Waals surface area contributed by atoms with Gasteiger partial charge in [-0.25, -0.2) is 4.98 Å². The topological polar surface area (TPSA) is 64.7 Å². The number of aliphatic hydroxyl groups excluding tert-OH is 1. The molecule has 1 saturated heterocycles. The van der Waals surface area contributed by atoms with Crippen LogP contribution in [0.25, 0.3) is 0 Å². The summed E-state index contributed by atoms with van der Waals surface area (Å²) in [5, 5.41) is 8.74. The molecular weight excluding hydrogens is 174 g/mol. The second-order valence-corrected chi connectivity index (χ2v) is 2.93. The van der Waals surface area contributed by atoms with Gasteiger partial charge >= 0.3 is 0 Å². The van der Waals surface area contributed by atoms with Crippen molar-refractivity contribution in [1.29, 1.82) is 0 Å². The van der Waals surface area contributed by atoms with Crippen LogP contribution in [-0.4, -0.2) is 23.3 Å². The first-order valence-electron chi connectivity index (χ1n) is 4.08. The molecule has 0 aromatic carbocycles. The molecule has 5 heteroatoms. The molecule has 0 radical (unpaired) electrons. The van der Waals surface area contributed by atoms with E-state index in [1.807, 2.05) is 0 Å². The van der Waals surface area contributed by atoms with Crippen molar-refractivity contribution in [3.8, 4) is 0 Å². The zero-order valence-electron chi connectivity index (χ0n) is 7.32. The van der Waals surface area contributed by atoms with Crippen LogP contribution in [0.5, 0.6) is 0 Å². The zero-order valence-corrected chi connectivity index (χ0v) is 7.32. The quantitative estimate of drug-likeness (QED) is 0.721. The summed E-state index contributed by atoms with van der Waals surface area (Å²) in [6.45, 7) is 2.67. The third-order valence-corrected chi connectivity index (χ3v) is 1.99. The third kappa shape index (κ3) is 1.46. The molecule has 0 atom stereocenters. The average Bonchev–Trinajstić information content (AvgIpc) is 2.72. The van der Waals surface area contributed by atoms with Gasteiger partial charge in [-0.1, -0.05) is 0 Å². The molecule has 0 aliphatic carbocycles. The molecule has 1 fully saturated rings. The van der Waals surface area contributed by atoms with Gasteiger partial charge in [0.1, 0.15) is 18.6 Å². The summed E-state index contributed by atoms with van der Waals surface area (Å²) in [4.78, 5) is 4.02. The van der Waals surface area contributed by atoms with Gasteiger partial charge in [-0.3, -0.25) is 0 Å². The van der Waals surface area contributed by atoms with Crippen LogP contribution in [0.1, 0.15) is 18.5 Å². The van der Waals surface area contributed by atoms with Crippen molar-refractivity contribution in [1.82, 2.24) is 4.98 Å². The van der Waals surface area contributed by atoms with E-state index in [2.05, 4.69) is 4.98 Å². The predicted molar refractivity (Wildman–Crippen MR) is 41.7 cm³/mol. The molecule has 0 saturated carbocycles. The van der Waals surface area contributed by atoms with E-state index in [0.29, 0.717) is 18.9 Å². The van der Waals surface area contributed by atoms with Crippen LogP contribution >= 0.6 is 0 Å². The highest BCUT2D eigenvalue weighted by Gasteiger charge is 2.36. The molecule has 0 spiro atoms. The van der Waals surface area contributed by atoms with Gasteiger partial charge in [-0.15, -0.1) is 0 Å². The van der Waals surface area contributed by atoms with Gasteiger partial charge in [0.2, 0.25) is 11.7 Å². The van der Waals surface area contributed by atoms with Crippen molar-refractivity contribution in [2.45, 2.75) is 19.3 Å². The molecule has 2 heterocycles. The monoisotopic (exact) mass is 185 g/mol. The number of hydrogen-bond donors (Lipinski definition) is 1. The lowest BCUT2D eigenvalue weighted by Crippen LogP contribution is -2.22. The molecule has 72 valence electrons. The van der Waals surface area contributed by atoms with Crippen molar-refractivity contribution in [2.75, 3.05) is 13.2 Å². The lowest BCUT2D eigenvalue weighted by molar-refractivity contribution is -0.152. The van der Waals surface area contributed by atoms with Crippen LogP contribution in [0.15, 0.2) is 10.7 Å². The van der Waals surface area contributed by atoms with E-state index in [0.717, 1.165) is 0 Å². The molecule has 1 N–H and O–H groups in total. The Balaban J connectivity index is 2.23. The molecule has 0 bridgehead atoms. The van der Waals surface area contributed by atoms with Gasteiger partial charge < -0.3 is 19.0 Å². The maximum absolute atomic E-state index is 8.74. The summed E-state index contributed by atoms with van der Waals surface area (Å²) >= 11 is 0. The molecule has 1 aromatic rings. The minimum Gasteiger partial charge on any atom is -0.446 e. The number of rotatable bonds is 2. The minimum atomic E-state index is -0.809. The minimum absolute atomic E-state index is 0.212. The summed E-state index contributed by atoms with van der Waals surface area (Å²) < 4.78 is 15.7. The Labute approximate surface area is 75.3 Å².